The van der Waals surface area contributed by atoms with Gasteiger partial charge in [0, 0.05) is 16.9 Å². The molecule has 2 rings (SSSR count). The van der Waals surface area contributed by atoms with Crippen LogP contribution < -0.4 is 4.90 Å². The first-order valence-electron chi connectivity index (χ1n) is 6.34. The number of nitrogens with zero attached hydrogens (tertiary/aromatic N) is 1. The number of rotatable bonds is 2. The molecule has 1 aliphatic heterocycles. The number of aryl methyl sites for hydroxylation is 1. The molecule has 1 heterocycles. The van der Waals surface area contributed by atoms with Gasteiger partial charge < -0.3 is 4.90 Å². The van der Waals surface area contributed by atoms with E-state index in [0.29, 0.717) is 12.2 Å². The van der Waals surface area contributed by atoms with Crippen LogP contribution in [0.15, 0.2) is 16.6 Å². The van der Waals surface area contributed by atoms with Crippen molar-refractivity contribution >= 4 is 27.5 Å². The van der Waals surface area contributed by atoms with E-state index in [1.807, 2.05) is 19.9 Å². The molecule has 1 atom stereocenters. The fourth-order valence-electron chi connectivity index (χ4n) is 2.31. The van der Waals surface area contributed by atoms with Gasteiger partial charge in [0.1, 0.15) is 5.82 Å². The lowest BCUT2D eigenvalue weighted by atomic mass is 9.99. The third kappa shape index (κ3) is 2.44. The summed E-state index contributed by atoms with van der Waals surface area (Å²) < 4.78 is 14.8. The topological polar surface area (TPSA) is 20.3 Å². The molecule has 1 aliphatic rings. The molecule has 0 N–H and O–H groups in total. The summed E-state index contributed by atoms with van der Waals surface area (Å²) in [6.45, 7) is 4.49. The molecule has 0 aromatic heterocycles. The minimum Gasteiger partial charge on any atom is -0.309 e. The summed E-state index contributed by atoms with van der Waals surface area (Å²) in [6, 6.07) is 3.34. The lowest BCUT2D eigenvalue weighted by molar-refractivity contribution is -0.122. The molecule has 2 nitrogen and oxygen atoms in total. The van der Waals surface area contributed by atoms with E-state index in [0.717, 1.165) is 29.3 Å². The summed E-state index contributed by atoms with van der Waals surface area (Å²) in [6.07, 6.45) is 2.50. The van der Waals surface area contributed by atoms with Crippen LogP contribution in [0, 0.1) is 11.7 Å². The molecule has 0 radical (unpaired) electrons. The molecule has 0 bridgehead atoms. The van der Waals surface area contributed by atoms with Crippen molar-refractivity contribution in [3.63, 3.8) is 0 Å². The summed E-state index contributed by atoms with van der Waals surface area (Å²) in [5.74, 6) is -0.339. The van der Waals surface area contributed by atoms with Crippen molar-refractivity contribution in [1.82, 2.24) is 0 Å². The van der Waals surface area contributed by atoms with E-state index < -0.39 is 0 Å². The smallest absolute Gasteiger partial charge is 0.229 e. The SMILES string of the molecule is CCC(C)C(=O)N1CCCc2cc(Br)cc(F)c21. The maximum Gasteiger partial charge on any atom is 0.229 e. The number of carbonyl (C=O) groups is 1. The highest BCUT2D eigenvalue weighted by Crippen LogP contribution is 2.33. The van der Waals surface area contributed by atoms with Crippen molar-refractivity contribution in [3.05, 3.63) is 28.0 Å². The van der Waals surface area contributed by atoms with Crippen LogP contribution in [0.5, 0.6) is 0 Å². The van der Waals surface area contributed by atoms with Crippen LogP contribution in [0.4, 0.5) is 10.1 Å². The molecule has 18 heavy (non-hydrogen) atoms. The van der Waals surface area contributed by atoms with Gasteiger partial charge in [0.05, 0.1) is 5.69 Å². The Bertz CT molecular complexity index is 475. The summed E-state index contributed by atoms with van der Waals surface area (Å²) >= 11 is 3.30. The summed E-state index contributed by atoms with van der Waals surface area (Å²) in [5, 5.41) is 0. The van der Waals surface area contributed by atoms with Crippen molar-refractivity contribution in [2.75, 3.05) is 11.4 Å². The number of fused-ring (bicyclic) bond motifs is 1. The summed E-state index contributed by atoms with van der Waals surface area (Å²) in [4.78, 5) is 13.9. The van der Waals surface area contributed by atoms with Crippen LogP contribution in [0.1, 0.15) is 32.3 Å². The minimum absolute atomic E-state index is 0.0275. The quantitative estimate of drug-likeness (QED) is 0.810. The molecule has 1 unspecified atom stereocenters. The van der Waals surface area contributed by atoms with Crippen LogP contribution in [0.25, 0.3) is 0 Å². The molecule has 4 heteroatoms. The highest BCUT2D eigenvalue weighted by Gasteiger charge is 2.28. The fourth-order valence-corrected chi connectivity index (χ4v) is 2.79. The Hall–Kier alpha value is -0.900. The average molecular weight is 314 g/mol. The van der Waals surface area contributed by atoms with Crippen molar-refractivity contribution in [3.8, 4) is 0 Å². The van der Waals surface area contributed by atoms with Crippen molar-refractivity contribution in [2.45, 2.75) is 33.1 Å². The molecule has 0 spiro atoms. The van der Waals surface area contributed by atoms with Crippen LogP contribution in [0.2, 0.25) is 0 Å². The molecule has 0 aliphatic carbocycles. The van der Waals surface area contributed by atoms with Crippen LogP contribution >= 0.6 is 15.9 Å². The Kier molecular flexibility index (Phi) is 4.05. The van der Waals surface area contributed by atoms with Gasteiger partial charge >= 0.3 is 0 Å². The molecule has 98 valence electrons. The summed E-state index contributed by atoms with van der Waals surface area (Å²) in [5.41, 5.74) is 1.40. The monoisotopic (exact) mass is 313 g/mol. The third-order valence-electron chi connectivity index (χ3n) is 3.50. The zero-order valence-corrected chi connectivity index (χ0v) is 12.3. The molecule has 0 saturated heterocycles. The second kappa shape index (κ2) is 5.39. The first-order valence-corrected chi connectivity index (χ1v) is 7.13. The lowest BCUT2D eigenvalue weighted by Gasteiger charge is -2.31. The molecule has 1 amide bonds. The Morgan fingerprint density at radius 1 is 1.56 bits per heavy atom. The predicted octanol–water partition coefficient (Wildman–Crippen LogP) is 3.91. The second-order valence-corrected chi connectivity index (χ2v) is 5.71. The van der Waals surface area contributed by atoms with Gasteiger partial charge in [0.2, 0.25) is 5.91 Å². The van der Waals surface area contributed by atoms with Gasteiger partial charge in [-0.05, 0) is 37.0 Å². The van der Waals surface area contributed by atoms with E-state index >= 15 is 0 Å². The van der Waals surface area contributed by atoms with E-state index in [4.69, 9.17) is 0 Å². The fraction of sp³-hybridized carbons (Fsp3) is 0.500. The normalized spacial score (nSPS) is 16.3. The highest BCUT2D eigenvalue weighted by molar-refractivity contribution is 9.10. The van der Waals surface area contributed by atoms with Crippen molar-refractivity contribution < 1.29 is 9.18 Å². The lowest BCUT2D eigenvalue weighted by Crippen LogP contribution is -2.39. The van der Waals surface area contributed by atoms with Gasteiger partial charge in [-0.3, -0.25) is 4.79 Å². The van der Waals surface area contributed by atoms with Crippen LogP contribution in [0.3, 0.4) is 0 Å². The van der Waals surface area contributed by atoms with E-state index in [1.165, 1.54) is 6.07 Å². The highest BCUT2D eigenvalue weighted by atomic mass is 79.9. The largest absolute Gasteiger partial charge is 0.309 e. The Labute approximate surface area is 115 Å². The van der Waals surface area contributed by atoms with Crippen LogP contribution in [-0.4, -0.2) is 12.5 Å². The average Bonchev–Trinajstić information content (AvgIpc) is 2.35. The number of carbonyl (C=O) groups excluding carboxylic acids is 1. The van der Waals surface area contributed by atoms with Gasteiger partial charge in [0.15, 0.2) is 0 Å². The number of hydrogen-bond donors (Lipinski definition) is 0. The second-order valence-electron chi connectivity index (χ2n) is 4.80. The minimum atomic E-state index is -0.310. The maximum absolute atomic E-state index is 14.1. The van der Waals surface area contributed by atoms with Crippen molar-refractivity contribution in [1.29, 1.82) is 0 Å². The van der Waals surface area contributed by atoms with Gasteiger partial charge in [-0.2, -0.15) is 0 Å². The zero-order valence-electron chi connectivity index (χ0n) is 10.7. The molecule has 1 aromatic carbocycles. The van der Waals surface area contributed by atoms with Gasteiger partial charge in [-0.25, -0.2) is 4.39 Å². The molecule has 0 fully saturated rings. The molecule has 1 aromatic rings. The van der Waals surface area contributed by atoms with Crippen LogP contribution in [-0.2, 0) is 11.2 Å². The van der Waals surface area contributed by atoms with Gasteiger partial charge in [-0.15, -0.1) is 0 Å². The molecular formula is C14H17BrFNO. The molecular weight excluding hydrogens is 297 g/mol. The van der Waals surface area contributed by atoms with E-state index in [2.05, 4.69) is 15.9 Å². The van der Waals surface area contributed by atoms with Gasteiger partial charge in [-0.1, -0.05) is 29.8 Å². The Balaban J connectivity index is 2.42. The zero-order chi connectivity index (χ0) is 13.3. The number of halogens is 2. The van der Waals surface area contributed by atoms with E-state index in [1.54, 1.807) is 4.90 Å². The Morgan fingerprint density at radius 2 is 2.28 bits per heavy atom. The Morgan fingerprint density at radius 3 is 2.94 bits per heavy atom. The molecule has 0 saturated carbocycles. The van der Waals surface area contributed by atoms with Gasteiger partial charge in [0.25, 0.3) is 0 Å². The van der Waals surface area contributed by atoms with E-state index in [9.17, 15) is 9.18 Å². The maximum atomic E-state index is 14.1. The standard InChI is InChI=1S/C14H17BrFNO/c1-3-9(2)14(18)17-6-4-5-10-7-11(15)8-12(16)13(10)17/h7-9H,3-6H2,1-2H3. The first kappa shape index (κ1) is 13.5. The first-order chi connectivity index (χ1) is 8.54. The number of benzene rings is 1. The number of anilines is 1. The third-order valence-corrected chi connectivity index (χ3v) is 3.96. The number of amides is 1. The predicted molar refractivity (Wildman–Crippen MR) is 74.2 cm³/mol. The van der Waals surface area contributed by atoms with E-state index in [-0.39, 0.29) is 17.6 Å². The summed E-state index contributed by atoms with van der Waals surface area (Å²) in [7, 11) is 0. The van der Waals surface area contributed by atoms with Crippen molar-refractivity contribution in [2.24, 2.45) is 5.92 Å². The number of hydrogen-bond acceptors (Lipinski definition) is 1.